The summed E-state index contributed by atoms with van der Waals surface area (Å²) in [7, 11) is 0. The van der Waals surface area contributed by atoms with E-state index in [1.54, 1.807) is 19.3 Å². The molecule has 7 heteroatoms. The largest absolute Gasteiger partial charge is 0.468 e. The zero-order valence-electron chi connectivity index (χ0n) is 12.3. The summed E-state index contributed by atoms with van der Waals surface area (Å²) in [5, 5.41) is 16.4. The second-order valence-corrected chi connectivity index (χ2v) is 4.92. The topological polar surface area (TPSA) is 97.4 Å². The van der Waals surface area contributed by atoms with E-state index in [0.29, 0.717) is 11.3 Å². The highest BCUT2D eigenvalue weighted by Gasteiger charge is 2.12. The molecule has 1 amide bonds. The van der Waals surface area contributed by atoms with Gasteiger partial charge < -0.3 is 9.73 Å². The minimum absolute atomic E-state index is 0.0000607. The molecule has 0 bridgehead atoms. The smallest absolute Gasteiger partial charge is 0.269 e. The number of benzene rings is 1. The van der Waals surface area contributed by atoms with Crippen molar-refractivity contribution in [3.8, 4) is 0 Å². The average molecular weight is 303 g/mol. The molecule has 0 radical (unpaired) electrons. The first kappa shape index (κ1) is 15.7. The lowest BCUT2D eigenvalue weighted by atomic mass is 10.2. The van der Waals surface area contributed by atoms with Crippen LogP contribution in [0, 0.1) is 17.0 Å². The third-order valence-electron chi connectivity index (χ3n) is 3.23. The van der Waals surface area contributed by atoms with Crippen molar-refractivity contribution < 1.29 is 14.1 Å². The molecule has 0 aliphatic heterocycles. The van der Waals surface area contributed by atoms with Gasteiger partial charge in [0.25, 0.3) is 5.69 Å². The lowest BCUT2D eigenvalue weighted by Gasteiger charge is -2.12. The number of furan rings is 1. The molecule has 7 nitrogen and oxygen atoms in total. The van der Waals surface area contributed by atoms with Crippen LogP contribution in [-0.2, 0) is 4.79 Å². The Morgan fingerprint density at radius 3 is 2.77 bits per heavy atom. The summed E-state index contributed by atoms with van der Waals surface area (Å²) in [6.07, 6.45) is 1.58. The zero-order valence-corrected chi connectivity index (χ0v) is 12.3. The zero-order chi connectivity index (χ0) is 16.1. The van der Waals surface area contributed by atoms with Gasteiger partial charge in [0.15, 0.2) is 0 Å². The van der Waals surface area contributed by atoms with Crippen molar-refractivity contribution in [3.63, 3.8) is 0 Å². The molecule has 1 aromatic carbocycles. The number of hydrogen-bond acceptors (Lipinski definition) is 5. The van der Waals surface area contributed by atoms with Gasteiger partial charge in [0.05, 0.1) is 23.8 Å². The number of nitro benzene ring substituents is 1. The Morgan fingerprint density at radius 2 is 2.18 bits per heavy atom. The maximum Gasteiger partial charge on any atom is 0.269 e. The van der Waals surface area contributed by atoms with Gasteiger partial charge in [-0.05, 0) is 37.6 Å². The van der Waals surface area contributed by atoms with Gasteiger partial charge in [0, 0.05) is 17.8 Å². The van der Waals surface area contributed by atoms with Crippen LogP contribution in [0.4, 0.5) is 11.4 Å². The molecule has 1 aromatic heterocycles. The van der Waals surface area contributed by atoms with Gasteiger partial charge in [-0.15, -0.1) is 0 Å². The van der Waals surface area contributed by atoms with Crippen molar-refractivity contribution in [1.29, 1.82) is 0 Å². The lowest BCUT2D eigenvalue weighted by molar-refractivity contribution is -0.384. The van der Waals surface area contributed by atoms with Crippen molar-refractivity contribution in [3.05, 3.63) is 58.0 Å². The van der Waals surface area contributed by atoms with Crippen LogP contribution in [0.1, 0.15) is 24.3 Å². The molecule has 2 aromatic rings. The van der Waals surface area contributed by atoms with E-state index in [1.807, 2.05) is 13.0 Å². The number of nitro groups is 1. The summed E-state index contributed by atoms with van der Waals surface area (Å²) in [5.74, 6) is 0.523. The molecular formula is C15H17N3O4. The number of anilines is 1. The minimum Gasteiger partial charge on any atom is -0.468 e. The molecule has 0 aliphatic rings. The number of nitrogens with zero attached hydrogens (tertiary/aromatic N) is 1. The number of hydrogen-bond donors (Lipinski definition) is 2. The second kappa shape index (κ2) is 6.86. The molecule has 1 atom stereocenters. The first-order valence-corrected chi connectivity index (χ1v) is 6.79. The van der Waals surface area contributed by atoms with Gasteiger partial charge in [-0.25, -0.2) is 0 Å². The van der Waals surface area contributed by atoms with Crippen LogP contribution in [0.3, 0.4) is 0 Å². The fourth-order valence-electron chi connectivity index (χ4n) is 1.98. The Balaban J connectivity index is 1.91. The molecule has 0 spiro atoms. The molecule has 1 heterocycles. The molecule has 2 rings (SSSR count). The molecule has 116 valence electrons. The number of carbonyl (C=O) groups excluding carboxylic acids is 1. The Hall–Kier alpha value is -2.67. The van der Waals surface area contributed by atoms with Crippen molar-refractivity contribution in [2.45, 2.75) is 19.9 Å². The first-order chi connectivity index (χ1) is 10.5. The summed E-state index contributed by atoms with van der Waals surface area (Å²) >= 11 is 0. The van der Waals surface area contributed by atoms with E-state index in [0.717, 1.165) is 5.76 Å². The number of carbonyl (C=O) groups is 1. The van der Waals surface area contributed by atoms with Gasteiger partial charge in [0.1, 0.15) is 5.76 Å². The average Bonchev–Trinajstić information content (AvgIpc) is 3.01. The van der Waals surface area contributed by atoms with Crippen LogP contribution >= 0.6 is 0 Å². The first-order valence-electron chi connectivity index (χ1n) is 6.79. The highest BCUT2D eigenvalue weighted by atomic mass is 16.6. The number of nitrogens with one attached hydrogen (secondary N) is 2. The fraction of sp³-hybridized carbons (Fsp3) is 0.267. The highest BCUT2D eigenvalue weighted by molar-refractivity contribution is 5.93. The third kappa shape index (κ3) is 3.92. The summed E-state index contributed by atoms with van der Waals surface area (Å²) < 4.78 is 5.24. The molecular weight excluding hydrogens is 286 g/mol. The van der Waals surface area contributed by atoms with Crippen LogP contribution in [0.15, 0.2) is 41.0 Å². The standard InChI is InChI=1S/C15H17N3O4/c1-10-8-12(18(20)21)5-6-13(10)17-15(19)9-16-11(2)14-4-3-7-22-14/h3-8,11,16H,9H2,1-2H3,(H,17,19)/t11-/m1/s1. The monoisotopic (exact) mass is 303 g/mol. The summed E-state index contributed by atoms with van der Waals surface area (Å²) in [6, 6.07) is 7.85. The van der Waals surface area contributed by atoms with Gasteiger partial charge >= 0.3 is 0 Å². The lowest BCUT2D eigenvalue weighted by Crippen LogP contribution is -2.30. The predicted molar refractivity (Wildman–Crippen MR) is 81.6 cm³/mol. The van der Waals surface area contributed by atoms with Crippen molar-refractivity contribution >= 4 is 17.3 Å². The number of amides is 1. The Kier molecular flexibility index (Phi) is 4.90. The van der Waals surface area contributed by atoms with E-state index in [4.69, 9.17) is 4.42 Å². The molecule has 0 saturated heterocycles. The Labute approximate surface area is 127 Å². The molecule has 0 aliphatic carbocycles. The Bertz CT molecular complexity index is 667. The maximum absolute atomic E-state index is 11.9. The van der Waals surface area contributed by atoms with Gasteiger partial charge in [-0.2, -0.15) is 0 Å². The summed E-state index contributed by atoms with van der Waals surface area (Å²) in [4.78, 5) is 22.1. The van der Waals surface area contributed by atoms with E-state index >= 15 is 0 Å². The van der Waals surface area contributed by atoms with Crippen molar-refractivity contribution in [1.82, 2.24) is 5.32 Å². The van der Waals surface area contributed by atoms with Crippen molar-refractivity contribution in [2.75, 3.05) is 11.9 Å². The van der Waals surface area contributed by atoms with E-state index in [9.17, 15) is 14.9 Å². The summed E-state index contributed by atoms with van der Waals surface area (Å²) in [6.45, 7) is 3.71. The number of non-ortho nitro benzene ring substituents is 1. The van der Waals surface area contributed by atoms with E-state index in [2.05, 4.69) is 10.6 Å². The normalized spacial score (nSPS) is 11.9. The molecule has 0 fully saturated rings. The van der Waals surface area contributed by atoms with Crippen LogP contribution in [0.2, 0.25) is 0 Å². The maximum atomic E-state index is 11.9. The molecule has 22 heavy (non-hydrogen) atoms. The molecule has 0 unspecified atom stereocenters. The third-order valence-corrected chi connectivity index (χ3v) is 3.23. The number of rotatable bonds is 6. The van der Waals surface area contributed by atoms with Crippen LogP contribution in [-0.4, -0.2) is 17.4 Å². The number of aryl methyl sites for hydroxylation is 1. The van der Waals surface area contributed by atoms with Crippen LogP contribution in [0.5, 0.6) is 0 Å². The molecule has 0 saturated carbocycles. The van der Waals surface area contributed by atoms with E-state index in [-0.39, 0.29) is 24.2 Å². The Morgan fingerprint density at radius 1 is 1.41 bits per heavy atom. The highest BCUT2D eigenvalue weighted by Crippen LogP contribution is 2.21. The fourth-order valence-corrected chi connectivity index (χ4v) is 1.98. The van der Waals surface area contributed by atoms with Crippen molar-refractivity contribution in [2.24, 2.45) is 0 Å². The molecule has 2 N–H and O–H groups in total. The van der Waals surface area contributed by atoms with Gasteiger partial charge in [-0.1, -0.05) is 0 Å². The van der Waals surface area contributed by atoms with Crippen LogP contribution < -0.4 is 10.6 Å². The van der Waals surface area contributed by atoms with E-state index in [1.165, 1.54) is 18.2 Å². The summed E-state index contributed by atoms with van der Waals surface area (Å²) in [5.41, 5.74) is 1.20. The predicted octanol–water partition coefficient (Wildman–Crippen LogP) is 2.79. The van der Waals surface area contributed by atoms with Gasteiger partial charge in [0.2, 0.25) is 5.91 Å². The minimum atomic E-state index is -0.467. The second-order valence-electron chi connectivity index (χ2n) is 4.92. The SMILES string of the molecule is Cc1cc([N+](=O)[O-])ccc1NC(=O)CN[C@H](C)c1ccco1. The van der Waals surface area contributed by atoms with E-state index < -0.39 is 4.92 Å². The van der Waals surface area contributed by atoms with Crippen LogP contribution in [0.25, 0.3) is 0 Å². The quantitative estimate of drug-likeness (QED) is 0.631. The van der Waals surface area contributed by atoms with Gasteiger partial charge in [-0.3, -0.25) is 20.2 Å².